The number of rotatable bonds is 9. The van der Waals surface area contributed by atoms with E-state index in [9.17, 15) is 19.5 Å². The summed E-state index contributed by atoms with van der Waals surface area (Å²) >= 11 is 1.51. The van der Waals surface area contributed by atoms with E-state index in [0.29, 0.717) is 17.9 Å². The normalized spacial score (nSPS) is 12.8. The van der Waals surface area contributed by atoms with Crippen molar-refractivity contribution in [2.75, 3.05) is 23.9 Å². The Morgan fingerprint density at radius 1 is 0.971 bits per heavy atom. The summed E-state index contributed by atoms with van der Waals surface area (Å²) in [4.78, 5) is 36.5. The van der Waals surface area contributed by atoms with E-state index < -0.39 is 24.0 Å². The highest BCUT2D eigenvalue weighted by atomic mass is 32.2. The van der Waals surface area contributed by atoms with Crippen molar-refractivity contribution >= 4 is 35.4 Å². The van der Waals surface area contributed by atoms with Gasteiger partial charge in [0.2, 0.25) is 0 Å². The number of fused-ring (bicyclic) bond motifs is 3. The molecular formula is C27H26N2O5S. The molecule has 8 heteroatoms. The van der Waals surface area contributed by atoms with Gasteiger partial charge in [0.25, 0.3) is 5.91 Å². The zero-order valence-electron chi connectivity index (χ0n) is 19.2. The number of carboxylic acid groups (broad SMARTS) is 1. The fourth-order valence-electron chi connectivity index (χ4n) is 4.23. The molecule has 0 saturated heterocycles. The Morgan fingerprint density at radius 2 is 1.63 bits per heavy atom. The largest absolute Gasteiger partial charge is 0.480 e. The molecule has 4 rings (SSSR count). The number of anilines is 1. The van der Waals surface area contributed by atoms with Crippen molar-refractivity contribution in [3.63, 3.8) is 0 Å². The Morgan fingerprint density at radius 3 is 2.26 bits per heavy atom. The Hall–Kier alpha value is -3.78. The first kappa shape index (κ1) is 24.3. The van der Waals surface area contributed by atoms with Crippen molar-refractivity contribution in [2.24, 2.45) is 0 Å². The lowest BCUT2D eigenvalue weighted by atomic mass is 9.98. The van der Waals surface area contributed by atoms with Gasteiger partial charge in [0.05, 0.1) is 0 Å². The number of aliphatic carboxylic acids is 1. The molecule has 3 aromatic rings. The van der Waals surface area contributed by atoms with Crippen molar-refractivity contribution in [3.8, 4) is 11.1 Å². The summed E-state index contributed by atoms with van der Waals surface area (Å²) in [5.41, 5.74) is 5.16. The highest BCUT2D eigenvalue weighted by Gasteiger charge is 2.29. The predicted octanol–water partition coefficient (Wildman–Crippen LogP) is 4.98. The van der Waals surface area contributed by atoms with Gasteiger partial charge in [-0.2, -0.15) is 11.8 Å². The molecule has 0 aromatic heterocycles. The summed E-state index contributed by atoms with van der Waals surface area (Å²) in [6, 6.07) is 21.5. The standard InChI is InChI=1S/C27H26N2O5S/c1-35-14-13-24(26(31)32)29-25(30)17-7-6-8-18(15-17)28-27(33)34-16-23-21-11-4-2-9-19(21)20-10-3-5-12-22(20)23/h2-12,15,23-24H,13-14,16H2,1H3,(H,28,33)(H,29,30)(H,31,32). The van der Waals surface area contributed by atoms with Gasteiger partial charge < -0.3 is 15.2 Å². The predicted molar refractivity (Wildman–Crippen MR) is 137 cm³/mol. The van der Waals surface area contributed by atoms with Crippen LogP contribution in [0.1, 0.15) is 33.8 Å². The van der Waals surface area contributed by atoms with Gasteiger partial charge in [0, 0.05) is 17.2 Å². The Kier molecular flexibility index (Phi) is 7.72. The van der Waals surface area contributed by atoms with Crippen LogP contribution in [0.25, 0.3) is 11.1 Å². The Bertz CT molecular complexity index is 1200. The molecule has 1 aliphatic rings. The lowest BCUT2D eigenvalue weighted by Crippen LogP contribution is -2.41. The first-order valence-corrected chi connectivity index (χ1v) is 12.6. The van der Waals surface area contributed by atoms with Gasteiger partial charge in [-0.25, -0.2) is 9.59 Å². The molecule has 7 nitrogen and oxygen atoms in total. The third kappa shape index (κ3) is 5.66. The van der Waals surface area contributed by atoms with Crippen molar-refractivity contribution in [2.45, 2.75) is 18.4 Å². The minimum Gasteiger partial charge on any atom is -0.480 e. The molecule has 3 aromatic carbocycles. The van der Waals surface area contributed by atoms with E-state index >= 15 is 0 Å². The number of carbonyl (C=O) groups excluding carboxylic acids is 2. The molecule has 0 saturated carbocycles. The van der Waals surface area contributed by atoms with E-state index in [1.54, 1.807) is 18.2 Å². The van der Waals surface area contributed by atoms with Crippen molar-refractivity contribution in [1.82, 2.24) is 5.32 Å². The number of nitrogens with one attached hydrogen (secondary N) is 2. The quantitative estimate of drug-likeness (QED) is 0.391. The third-order valence-electron chi connectivity index (χ3n) is 5.93. The van der Waals surface area contributed by atoms with Gasteiger partial charge in [-0.1, -0.05) is 54.6 Å². The molecule has 0 fully saturated rings. The highest BCUT2D eigenvalue weighted by Crippen LogP contribution is 2.44. The van der Waals surface area contributed by atoms with Crippen LogP contribution < -0.4 is 10.6 Å². The summed E-state index contributed by atoms with van der Waals surface area (Å²) in [7, 11) is 0. The third-order valence-corrected chi connectivity index (χ3v) is 6.57. The van der Waals surface area contributed by atoms with E-state index in [0.717, 1.165) is 22.3 Å². The van der Waals surface area contributed by atoms with E-state index in [1.807, 2.05) is 42.7 Å². The van der Waals surface area contributed by atoms with Crippen LogP contribution in [0.4, 0.5) is 10.5 Å². The van der Waals surface area contributed by atoms with Crippen LogP contribution in [0.3, 0.4) is 0 Å². The number of amides is 2. The topological polar surface area (TPSA) is 105 Å². The zero-order chi connectivity index (χ0) is 24.8. The van der Waals surface area contributed by atoms with E-state index in [2.05, 4.69) is 22.8 Å². The minimum absolute atomic E-state index is 0.0560. The molecule has 3 N–H and O–H groups in total. The van der Waals surface area contributed by atoms with Gasteiger partial charge in [0.1, 0.15) is 12.6 Å². The van der Waals surface area contributed by atoms with Crippen LogP contribution in [0.2, 0.25) is 0 Å². The van der Waals surface area contributed by atoms with Crippen LogP contribution in [-0.2, 0) is 9.53 Å². The monoisotopic (exact) mass is 490 g/mol. The number of carbonyl (C=O) groups is 3. The number of ether oxygens (including phenoxy) is 1. The van der Waals surface area contributed by atoms with Crippen LogP contribution in [0.15, 0.2) is 72.8 Å². The van der Waals surface area contributed by atoms with Crippen LogP contribution in [0, 0.1) is 0 Å². The Balaban J connectivity index is 1.38. The molecule has 0 spiro atoms. The van der Waals surface area contributed by atoms with Crippen LogP contribution >= 0.6 is 11.8 Å². The lowest BCUT2D eigenvalue weighted by Gasteiger charge is -2.15. The molecule has 180 valence electrons. The molecule has 1 aliphatic carbocycles. The van der Waals surface area contributed by atoms with E-state index in [-0.39, 0.29) is 18.1 Å². The number of hydrogen-bond acceptors (Lipinski definition) is 5. The summed E-state index contributed by atoms with van der Waals surface area (Å²) < 4.78 is 5.55. The fraction of sp³-hybridized carbons (Fsp3) is 0.222. The van der Waals surface area contributed by atoms with E-state index in [1.165, 1.54) is 17.8 Å². The molecule has 1 unspecified atom stereocenters. The Labute approximate surface area is 207 Å². The van der Waals surface area contributed by atoms with Gasteiger partial charge >= 0.3 is 12.1 Å². The number of thioether (sulfide) groups is 1. The fourth-order valence-corrected chi connectivity index (χ4v) is 4.70. The zero-order valence-corrected chi connectivity index (χ0v) is 20.0. The lowest BCUT2D eigenvalue weighted by molar-refractivity contribution is -0.139. The second-order valence-corrected chi connectivity index (χ2v) is 9.16. The molecule has 1 atom stereocenters. The number of benzene rings is 3. The maximum Gasteiger partial charge on any atom is 0.411 e. The molecule has 0 bridgehead atoms. The van der Waals surface area contributed by atoms with Crippen molar-refractivity contribution in [1.29, 1.82) is 0 Å². The van der Waals surface area contributed by atoms with Gasteiger partial charge in [-0.15, -0.1) is 0 Å². The SMILES string of the molecule is CSCCC(NC(=O)c1cccc(NC(=O)OCC2c3ccccc3-c3ccccc32)c1)C(=O)O. The van der Waals surface area contributed by atoms with E-state index in [4.69, 9.17) is 4.74 Å². The first-order valence-electron chi connectivity index (χ1n) is 11.2. The second-order valence-electron chi connectivity index (χ2n) is 8.18. The average Bonchev–Trinajstić information content (AvgIpc) is 3.19. The summed E-state index contributed by atoms with van der Waals surface area (Å²) in [6.45, 7) is 0.176. The maximum absolute atomic E-state index is 12.6. The maximum atomic E-state index is 12.6. The van der Waals surface area contributed by atoms with Crippen molar-refractivity contribution < 1.29 is 24.2 Å². The average molecular weight is 491 g/mol. The van der Waals surface area contributed by atoms with Crippen molar-refractivity contribution in [3.05, 3.63) is 89.5 Å². The molecule has 35 heavy (non-hydrogen) atoms. The van der Waals surface area contributed by atoms with Gasteiger partial charge in [-0.05, 0) is 58.9 Å². The molecule has 2 amide bonds. The molecule has 0 aliphatic heterocycles. The number of hydrogen-bond donors (Lipinski definition) is 3. The summed E-state index contributed by atoms with van der Waals surface area (Å²) in [6.07, 6.45) is 1.56. The van der Waals surface area contributed by atoms with Gasteiger partial charge in [0.15, 0.2) is 0 Å². The smallest absolute Gasteiger partial charge is 0.411 e. The molecular weight excluding hydrogens is 464 g/mol. The summed E-state index contributed by atoms with van der Waals surface area (Å²) in [5.74, 6) is -1.05. The van der Waals surface area contributed by atoms with Crippen LogP contribution in [0.5, 0.6) is 0 Å². The number of carboxylic acids is 1. The first-order chi connectivity index (χ1) is 17.0. The van der Waals surface area contributed by atoms with Gasteiger partial charge in [-0.3, -0.25) is 10.1 Å². The minimum atomic E-state index is -1.08. The molecule has 0 heterocycles. The van der Waals surface area contributed by atoms with Crippen LogP contribution in [-0.4, -0.2) is 47.7 Å². The molecule has 0 radical (unpaired) electrons. The highest BCUT2D eigenvalue weighted by molar-refractivity contribution is 7.98. The summed E-state index contributed by atoms with van der Waals surface area (Å²) in [5, 5.41) is 14.5. The second kappa shape index (κ2) is 11.1.